The Morgan fingerprint density at radius 1 is 1.31 bits per heavy atom. The lowest BCUT2D eigenvalue weighted by molar-refractivity contribution is 0.0716. The maximum absolute atomic E-state index is 3.55. The molecule has 0 aromatic carbocycles. The van der Waals surface area contributed by atoms with E-state index in [2.05, 4.69) is 31.0 Å². The van der Waals surface area contributed by atoms with Gasteiger partial charge in [-0.15, -0.1) is 0 Å². The van der Waals surface area contributed by atoms with Crippen LogP contribution in [0.15, 0.2) is 0 Å². The van der Waals surface area contributed by atoms with Crippen molar-refractivity contribution in [3.05, 3.63) is 0 Å². The van der Waals surface area contributed by atoms with Crippen LogP contribution in [0.4, 0.5) is 0 Å². The van der Waals surface area contributed by atoms with E-state index in [4.69, 9.17) is 0 Å². The average molecular weight is 224 g/mol. The van der Waals surface area contributed by atoms with E-state index in [1.165, 1.54) is 51.9 Å². The molecule has 2 nitrogen and oxygen atoms in total. The highest BCUT2D eigenvalue weighted by molar-refractivity contribution is 4.91. The molecule has 2 aliphatic heterocycles. The highest BCUT2D eigenvalue weighted by Gasteiger charge is 2.36. The van der Waals surface area contributed by atoms with Crippen LogP contribution in [0.2, 0.25) is 0 Å². The predicted molar refractivity (Wildman–Crippen MR) is 69.6 cm³/mol. The van der Waals surface area contributed by atoms with Gasteiger partial charge in [0.25, 0.3) is 0 Å². The van der Waals surface area contributed by atoms with E-state index in [0.29, 0.717) is 5.41 Å². The van der Waals surface area contributed by atoms with Gasteiger partial charge in [0.1, 0.15) is 0 Å². The first-order valence-electron chi connectivity index (χ1n) is 7.10. The summed E-state index contributed by atoms with van der Waals surface area (Å²) >= 11 is 0. The summed E-state index contributed by atoms with van der Waals surface area (Å²) in [6.45, 7) is 12.3. The van der Waals surface area contributed by atoms with Gasteiger partial charge in [-0.2, -0.15) is 0 Å². The quantitative estimate of drug-likeness (QED) is 0.792. The van der Waals surface area contributed by atoms with Gasteiger partial charge in [0, 0.05) is 25.7 Å². The maximum Gasteiger partial charge on any atom is 0.00673 e. The molecule has 0 aromatic rings. The fourth-order valence-corrected chi connectivity index (χ4v) is 3.38. The molecule has 3 atom stereocenters. The van der Waals surface area contributed by atoms with Crippen molar-refractivity contribution in [1.82, 2.24) is 10.2 Å². The molecular weight excluding hydrogens is 196 g/mol. The Morgan fingerprint density at radius 3 is 2.75 bits per heavy atom. The van der Waals surface area contributed by atoms with E-state index >= 15 is 0 Å². The topological polar surface area (TPSA) is 15.3 Å². The van der Waals surface area contributed by atoms with Gasteiger partial charge in [0.2, 0.25) is 0 Å². The molecule has 0 bridgehead atoms. The van der Waals surface area contributed by atoms with Crippen LogP contribution in [0.3, 0.4) is 0 Å². The zero-order chi connectivity index (χ0) is 11.6. The van der Waals surface area contributed by atoms with Gasteiger partial charge in [-0.05, 0) is 50.5 Å². The summed E-state index contributed by atoms with van der Waals surface area (Å²) in [5.41, 5.74) is 0.575. The van der Waals surface area contributed by atoms with Crippen LogP contribution >= 0.6 is 0 Å². The molecule has 3 unspecified atom stereocenters. The minimum atomic E-state index is 0.575. The Hall–Kier alpha value is -0.0800. The summed E-state index contributed by atoms with van der Waals surface area (Å²) < 4.78 is 0. The molecule has 2 aliphatic rings. The molecule has 2 rings (SSSR count). The Kier molecular flexibility index (Phi) is 3.91. The number of hydrogen-bond acceptors (Lipinski definition) is 2. The molecule has 0 aliphatic carbocycles. The van der Waals surface area contributed by atoms with E-state index in [9.17, 15) is 0 Å². The van der Waals surface area contributed by atoms with Gasteiger partial charge in [0.05, 0.1) is 0 Å². The van der Waals surface area contributed by atoms with Crippen LogP contribution in [0.1, 0.15) is 46.5 Å². The first-order valence-corrected chi connectivity index (χ1v) is 7.10. The van der Waals surface area contributed by atoms with Gasteiger partial charge in [-0.3, -0.25) is 4.90 Å². The molecule has 0 aromatic heterocycles. The summed E-state index contributed by atoms with van der Waals surface area (Å²) in [5, 5.41) is 3.55. The number of piperidine rings is 1. The lowest BCUT2D eigenvalue weighted by Crippen LogP contribution is -2.47. The van der Waals surface area contributed by atoms with Crippen molar-refractivity contribution in [3.8, 4) is 0 Å². The summed E-state index contributed by atoms with van der Waals surface area (Å²) in [6, 6.07) is 0.806. The molecule has 0 amide bonds. The zero-order valence-electron chi connectivity index (χ0n) is 11.3. The number of nitrogens with zero attached hydrogens (tertiary/aromatic N) is 1. The number of rotatable bonds is 3. The van der Waals surface area contributed by atoms with Crippen LogP contribution in [-0.2, 0) is 0 Å². The second-order valence-corrected chi connectivity index (χ2v) is 6.24. The van der Waals surface area contributed by atoms with Gasteiger partial charge < -0.3 is 5.32 Å². The van der Waals surface area contributed by atoms with Crippen LogP contribution < -0.4 is 5.32 Å². The smallest absolute Gasteiger partial charge is 0.00673 e. The third-order valence-electron chi connectivity index (χ3n) is 4.87. The van der Waals surface area contributed by atoms with Crippen molar-refractivity contribution in [2.75, 3.05) is 26.2 Å². The lowest BCUT2D eigenvalue weighted by atomic mass is 9.82. The Bertz CT molecular complexity index is 221. The van der Waals surface area contributed by atoms with E-state index < -0.39 is 0 Å². The van der Waals surface area contributed by atoms with E-state index in [-0.39, 0.29) is 0 Å². The van der Waals surface area contributed by atoms with E-state index in [1.54, 1.807) is 0 Å². The summed E-state index contributed by atoms with van der Waals surface area (Å²) in [4.78, 5) is 2.75. The van der Waals surface area contributed by atoms with Gasteiger partial charge in [-0.25, -0.2) is 0 Å². The maximum atomic E-state index is 3.55. The van der Waals surface area contributed by atoms with Gasteiger partial charge in [-0.1, -0.05) is 13.8 Å². The second-order valence-electron chi connectivity index (χ2n) is 6.24. The molecule has 2 heteroatoms. The number of hydrogen-bond donors (Lipinski definition) is 1. The van der Waals surface area contributed by atoms with E-state index in [0.717, 1.165) is 12.0 Å². The Balaban J connectivity index is 1.96. The molecule has 0 radical (unpaired) electrons. The molecular formula is C14H28N2. The van der Waals surface area contributed by atoms with Crippen molar-refractivity contribution in [3.63, 3.8) is 0 Å². The normalized spacial score (nSPS) is 41.4. The van der Waals surface area contributed by atoms with Gasteiger partial charge >= 0.3 is 0 Å². The third-order valence-corrected chi connectivity index (χ3v) is 4.87. The van der Waals surface area contributed by atoms with Crippen molar-refractivity contribution in [2.24, 2.45) is 11.3 Å². The average Bonchev–Trinajstić information content (AvgIpc) is 2.73. The molecule has 0 spiro atoms. The van der Waals surface area contributed by atoms with Crippen molar-refractivity contribution >= 4 is 0 Å². The van der Waals surface area contributed by atoms with Crippen LogP contribution in [0.25, 0.3) is 0 Å². The van der Waals surface area contributed by atoms with Gasteiger partial charge in [0.15, 0.2) is 0 Å². The van der Waals surface area contributed by atoms with Crippen LogP contribution in [-0.4, -0.2) is 37.1 Å². The largest absolute Gasteiger partial charge is 0.316 e. The van der Waals surface area contributed by atoms with E-state index in [1.807, 2.05) is 0 Å². The fourth-order valence-electron chi connectivity index (χ4n) is 3.38. The second kappa shape index (κ2) is 5.05. The van der Waals surface area contributed by atoms with Crippen LogP contribution in [0.5, 0.6) is 0 Å². The van der Waals surface area contributed by atoms with Crippen molar-refractivity contribution in [1.29, 1.82) is 0 Å². The molecule has 0 saturated carbocycles. The highest BCUT2D eigenvalue weighted by atomic mass is 15.2. The zero-order valence-corrected chi connectivity index (χ0v) is 11.3. The molecule has 94 valence electrons. The lowest BCUT2D eigenvalue weighted by Gasteiger charge is -2.42. The van der Waals surface area contributed by atoms with Crippen molar-refractivity contribution < 1.29 is 0 Å². The summed E-state index contributed by atoms with van der Waals surface area (Å²) in [5.74, 6) is 0.902. The SMILES string of the molecule is CCC1(CN2CC(C)CCC2C)CCNC1. The summed E-state index contributed by atoms with van der Waals surface area (Å²) in [6.07, 6.45) is 5.53. The van der Waals surface area contributed by atoms with Crippen molar-refractivity contribution in [2.45, 2.75) is 52.5 Å². The summed E-state index contributed by atoms with van der Waals surface area (Å²) in [7, 11) is 0. The Morgan fingerprint density at radius 2 is 2.12 bits per heavy atom. The third kappa shape index (κ3) is 2.60. The molecule has 16 heavy (non-hydrogen) atoms. The number of nitrogens with one attached hydrogen (secondary N) is 1. The first-order chi connectivity index (χ1) is 7.65. The first kappa shape index (κ1) is 12.4. The van der Waals surface area contributed by atoms with Crippen LogP contribution in [0, 0.1) is 11.3 Å². The molecule has 2 saturated heterocycles. The molecule has 2 fully saturated rings. The minimum Gasteiger partial charge on any atom is -0.316 e. The predicted octanol–water partition coefficient (Wildman–Crippen LogP) is 2.50. The fraction of sp³-hybridized carbons (Fsp3) is 1.00. The number of likely N-dealkylation sites (tertiary alicyclic amines) is 1. The Labute approximate surface area is 101 Å². The highest BCUT2D eigenvalue weighted by Crippen LogP contribution is 2.33. The molecule has 1 N–H and O–H groups in total. The molecule has 2 heterocycles. The standard InChI is InChI=1S/C14H28N2/c1-4-14(7-8-15-10-14)11-16-9-12(2)5-6-13(16)3/h12-13,15H,4-11H2,1-3H3. The monoisotopic (exact) mass is 224 g/mol. The minimum absolute atomic E-state index is 0.575.